The van der Waals surface area contributed by atoms with Crippen LogP contribution in [0.4, 0.5) is 0 Å². The Bertz CT molecular complexity index is 301. The zero-order valence-electron chi connectivity index (χ0n) is 8.58. The van der Waals surface area contributed by atoms with Crippen LogP contribution in [0.5, 0.6) is 0 Å². The van der Waals surface area contributed by atoms with Crippen molar-refractivity contribution in [3.63, 3.8) is 0 Å². The van der Waals surface area contributed by atoms with Gasteiger partial charge in [-0.3, -0.25) is 9.59 Å². The minimum atomic E-state index is -0.878. The third-order valence-corrected chi connectivity index (χ3v) is 3.84. The first-order valence-electron chi connectivity index (χ1n) is 5.55. The van der Waals surface area contributed by atoms with Crippen LogP contribution < -0.4 is 0 Å². The smallest absolute Gasteiger partial charge is 0.320 e. The molecule has 0 aromatic heterocycles. The van der Waals surface area contributed by atoms with E-state index < -0.39 is 17.7 Å². The molecule has 0 amide bonds. The standard InChI is InChI=1S/C11H14O4/c12-8-5-9(13)15-11(14-8)6-10(7-11)3-1-2-4-10/h1-7H2. The summed E-state index contributed by atoms with van der Waals surface area (Å²) in [6.45, 7) is 0. The molecule has 1 saturated heterocycles. The SMILES string of the molecule is O=C1CC(=O)OC2(CC3(CCCC3)C2)O1. The van der Waals surface area contributed by atoms with E-state index in [1.54, 1.807) is 0 Å². The van der Waals surface area contributed by atoms with Crippen molar-refractivity contribution >= 4 is 11.9 Å². The summed E-state index contributed by atoms with van der Waals surface area (Å²) in [5.41, 5.74) is 0.303. The maximum atomic E-state index is 11.2. The van der Waals surface area contributed by atoms with Crippen LogP contribution in [-0.2, 0) is 19.1 Å². The van der Waals surface area contributed by atoms with Crippen molar-refractivity contribution in [2.75, 3.05) is 0 Å². The van der Waals surface area contributed by atoms with E-state index in [4.69, 9.17) is 9.47 Å². The molecule has 0 N–H and O–H groups in total. The second-order valence-electron chi connectivity index (χ2n) is 5.10. The molecule has 82 valence electrons. The van der Waals surface area contributed by atoms with Crippen LogP contribution in [0.15, 0.2) is 0 Å². The third kappa shape index (κ3) is 1.34. The predicted octanol–water partition coefficient (Wildman–Crippen LogP) is 1.53. The lowest BCUT2D eigenvalue weighted by Crippen LogP contribution is -2.58. The van der Waals surface area contributed by atoms with Gasteiger partial charge in [0.15, 0.2) is 0 Å². The molecule has 15 heavy (non-hydrogen) atoms. The Morgan fingerprint density at radius 2 is 1.47 bits per heavy atom. The van der Waals surface area contributed by atoms with Gasteiger partial charge in [-0.05, 0) is 18.3 Å². The van der Waals surface area contributed by atoms with E-state index in [1.165, 1.54) is 25.7 Å². The maximum absolute atomic E-state index is 11.2. The van der Waals surface area contributed by atoms with Crippen molar-refractivity contribution in [2.45, 2.75) is 50.7 Å². The average Bonchev–Trinajstić information content (AvgIpc) is 2.49. The highest BCUT2D eigenvalue weighted by atomic mass is 16.7. The summed E-state index contributed by atoms with van der Waals surface area (Å²) in [5.74, 6) is -1.74. The fourth-order valence-electron chi connectivity index (χ4n) is 3.34. The van der Waals surface area contributed by atoms with Crippen LogP contribution in [0.2, 0.25) is 0 Å². The second-order valence-corrected chi connectivity index (χ2v) is 5.10. The molecular formula is C11H14O4. The molecule has 0 unspecified atom stereocenters. The molecule has 1 heterocycles. The molecule has 1 aliphatic heterocycles. The molecule has 0 aromatic rings. The van der Waals surface area contributed by atoms with E-state index in [0.29, 0.717) is 5.41 Å². The number of hydrogen-bond donors (Lipinski definition) is 0. The van der Waals surface area contributed by atoms with E-state index in [-0.39, 0.29) is 6.42 Å². The fraction of sp³-hybridized carbons (Fsp3) is 0.818. The monoisotopic (exact) mass is 210 g/mol. The van der Waals surface area contributed by atoms with E-state index in [9.17, 15) is 9.59 Å². The van der Waals surface area contributed by atoms with Gasteiger partial charge in [0.25, 0.3) is 5.79 Å². The number of carbonyl (C=O) groups is 2. The largest absolute Gasteiger partial charge is 0.422 e. The highest BCUT2D eigenvalue weighted by Gasteiger charge is 2.62. The predicted molar refractivity (Wildman–Crippen MR) is 49.7 cm³/mol. The Morgan fingerprint density at radius 1 is 0.933 bits per heavy atom. The lowest BCUT2D eigenvalue weighted by atomic mass is 9.63. The van der Waals surface area contributed by atoms with Crippen molar-refractivity contribution in [2.24, 2.45) is 5.41 Å². The van der Waals surface area contributed by atoms with Crippen LogP contribution in [0.25, 0.3) is 0 Å². The van der Waals surface area contributed by atoms with Crippen LogP contribution >= 0.6 is 0 Å². The van der Waals surface area contributed by atoms with Gasteiger partial charge in [-0.2, -0.15) is 0 Å². The minimum absolute atomic E-state index is 0.227. The zero-order valence-corrected chi connectivity index (χ0v) is 8.58. The summed E-state index contributed by atoms with van der Waals surface area (Å²) in [6.07, 6.45) is 6.08. The summed E-state index contributed by atoms with van der Waals surface area (Å²) in [7, 11) is 0. The number of ether oxygens (including phenoxy) is 2. The normalized spacial score (nSPS) is 31.2. The molecule has 0 radical (unpaired) electrons. The van der Waals surface area contributed by atoms with E-state index >= 15 is 0 Å². The third-order valence-electron chi connectivity index (χ3n) is 3.84. The summed E-state index contributed by atoms with van der Waals surface area (Å²) < 4.78 is 10.4. The molecule has 4 heteroatoms. The molecule has 2 aliphatic carbocycles. The van der Waals surface area contributed by atoms with Crippen molar-refractivity contribution in [3.05, 3.63) is 0 Å². The van der Waals surface area contributed by atoms with Gasteiger partial charge < -0.3 is 9.47 Å². The molecule has 3 aliphatic rings. The first-order valence-corrected chi connectivity index (χ1v) is 5.55. The van der Waals surface area contributed by atoms with Gasteiger partial charge in [0.05, 0.1) is 0 Å². The lowest BCUT2D eigenvalue weighted by molar-refractivity contribution is -0.300. The van der Waals surface area contributed by atoms with Crippen LogP contribution in [0.3, 0.4) is 0 Å². The Hall–Kier alpha value is -1.06. The van der Waals surface area contributed by atoms with Gasteiger partial charge in [0.2, 0.25) is 0 Å². The zero-order chi connectivity index (χ0) is 10.5. The molecule has 3 rings (SSSR count). The Morgan fingerprint density at radius 3 is 2.00 bits per heavy atom. The summed E-state index contributed by atoms with van der Waals surface area (Å²) in [5, 5.41) is 0. The van der Waals surface area contributed by atoms with Crippen molar-refractivity contribution in [3.8, 4) is 0 Å². The van der Waals surface area contributed by atoms with E-state index in [1.807, 2.05) is 0 Å². The van der Waals surface area contributed by atoms with Gasteiger partial charge in [0.1, 0.15) is 6.42 Å². The molecule has 2 spiro atoms. The van der Waals surface area contributed by atoms with Gasteiger partial charge in [-0.25, -0.2) is 0 Å². The molecular weight excluding hydrogens is 196 g/mol. The Kier molecular flexibility index (Phi) is 1.68. The average molecular weight is 210 g/mol. The molecule has 4 nitrogen and oxygen atoms in total. The highest BCUT2D eigenvalue weighted by Crippen LogP contribution is 2.60. The first kappa shape index (κ1) is 9.19. The summed E-state index contributed by atoms with van der Waals surface area (Å²) >= 11 is 0. The Balaban J connectivity index is 1.73. The van der Waals surface area contributed by atoms with Crippen LogP contribution in [0.1, 0.15) is 44.9 Å². The second kappa shape index (κ2) is 2.74. The molecule has 0 atom stereocenters. The molecule has 3 fully saturated rings. The summed E-state index contributed by atoms with van der Waals surface area (Å²) in [6, 6.07) is 0. The molecule has 2 saturated carbocycles. The molecule has 0 aromatic carbocycles. The highest BCUT2D eigenvalue weighted by molar-refractivity contribution is 5.93. The summed E-state index contributed by atoms with van der Waals surface area (Å²) in [4.78, 5) is 22.3. The quantitative estimate of drug-likeness (QED) is 0.449. The fourth-order valence-corrected chi connectivity index (χ4v) is 3.34. The number of carbonyl (C=O) groups excluding carboxylic acids is 2. The van der Waals surface area contributed by atoms with E-state index in [2.05, 4.69) is 0 Å². The van der Waals surface area contributed by atoms with Crippen molar-refractivity contribution in [1.29, 1.82) is 0 Å². The minimum Gasteiger partial charge on any atom is -0.422 e. The molecule has 0 bridgehead atoms. The van der Waals surface area contributed by atoms with Gasteiger partial charge in [0, 0.05) is 12.8 Å². The topological polar surface area (TPSA) is 52.6 Å². The van der Waals surface area contributed by atoms with Crippen molar-refractivity contribution in [1.82, 2.24) is 0 Å². The van der Waals surface area contributed by atoms with Gasteiger partial charge in [-0.15, -0.1) is 0 Å². The first-order chi connectivity index (χ1) is 7.12. The van der Waals surface area contributed by atoms with E-state index in [0.717, 1.165) is 12.8 Å². The number of rotatable bonds is 0. The maximum Gasteiger partial charge on any atom is 0.320 e. The lowest BCUT2D eigenvalue weighted by Gasteiger charge is -2.53. The van der Waals surface area contributed by atoms with Crippen LogP contribution in [0, 0.1) is 5.41 Å². The number of hydrogen-bond acceptors (Lipinski definition) is 4. The van der Waals surface area contributed by atoms with Crippen LogP contribution in [-0.4, -0.2) is 17.7 Å². The van der Waals surface area contributed by atoms with Crippen molar-refractivity contribution < 1.29 is 19.1 Å². The van der Waals surface area contributed by atoms with Gasteiger partial charge in [-0.1, -0.05) is 12.8 Å². The van der Waals surface area contributed by atoms with Gasteiger partial charge >= 0.3 is 11.9 Å². The Labute approximate surface area is 87.9 Å². The number of esters is 2.